The Labute approximate surface area is 162 Å². The van der Waals surface area contributed by atoms with Gasteiger partial charge in [0.1, 0.15) is 0 Å². The molecule has 5 nitrogen and oxygen atoms in total. The molecule has 1 aromatic carbocycles. The van der Waals surface area contributed by atoms with Crippen LogP contribution in [0.25, 0.3) is 0 Å². The molecule has 1 aromatic rings. The van der Waals surface area contributed by atoms with Crippen molar-refractivity contribution in [3.05, 3.63) is 30.3 Å². The van der Waals surface area contributed by atoms with Gasteiger partial charge in [0.15, 0.2) is 5.96 Å². The molecule has 0 radical (unpaired) electrons. The monoisotopic (exact) mass is 376 g/mol. The summed E-state index contributed by atoms with van der Waals surface area (Å²) in [6, 6.07) is 10.7. The summed E-state index contributed by atoms with van der Waals surface area (Å²) in [6.45, 7) is 8.78. The fourth-order valence-electron chi connectivity index (χ4n) is 3.48. The molecule has 0 aromatic heterocycles. The molecule has 3 rings (SSSR count). The Balaban J connectivity index is 1.49. The van der Waals surface area contributed by atoms with Gasteiger partial charge in [-0.05, 0) is 38.4 Å². The van der Waals surface area contributed by atoms with E-state index in [9.17, 15) is 0 Å². The minimum Gasteiger partial charge on any atom is -0.374 e. The van der Waals surface area contributed by atoms with E-state index < -0.39 is 0 Å². The molecule has 2 saturated heterocycles. The van der Waals surface area contributed by atoms with Gasteiger partial charge in [-0.2, -0.15) is 0 Å². The Morgan fingerprint density at radius 2 is 2.12 bits per heavy atom. The quantitative estimate of drug-likeness (QED) is 0.469. The second-order valence-corrected chi connectivity index (χ2v) is 8.27. The second-order valence-electron chi connectivity index (χ2n) is 7.17. The van der Waals surface area contributed by atoms with Gasteiger partial charge in [0.25, 0.3) is 0 Å². The molecule has 0 bridgehead atoms. The normalized spacial score (nSPS) is 24.8. The minimum absolute atomic E-state index is 0.217. The van der Waals surface area contributed by atoms with Crippen molar-refractivity contribution in [1.82, 2.24) is 15.1 Å². The van der Waals surface area contributed by atoms with Crippen LogP contribution in [-0.2, 0) is 4.74 Å². The van der Waals surface area contributed by atoms with Gasteiger partial charge in [-0.25, -0.2) is 0 Å². The zero-order chi connectivity index (χ0) is 18.2. The topological polar surface area (TPSA) is 40.1 Å². The summed E-state index contributed by atoms with van der Waals surface area (Å²) < 4.78 is 5.85. The molecule has 0 spiro atoms. The van der Waals surface area contributed by atoms with Gasteiger partial charge in [0.05, 0.1) is 19.3 Å². The van der Waals surface area contributed by atoms with Crippen LogP contribution in [0, 0.1) is 5.92 Å². The fraction of sp³-hybridized carbons (Fsp3) is 0.650. The molecular formula is C20H32N4OS. The van der Waals surface area contributed by atoms with Crippen molar-refractivity contribution < 1.29 is 4.74 Å². The predicted molar refractivity (Wildman–Crippen MR) is 110 cm³/mol. The second kappa shape index (κ2) is 10.2. The molecule has 0 aliphatic carbocycles. The first kappa shape index (κ1) is 19.5. The molecule has 2 heterocycles. The Hall–Kier alpha value is -1.24. The van der Waals surface area contributed by atoms with E-state index in [0.29, 0.717) is 0 Å². The standard InChI is InChI=1S/C20H32N4OS/c1-3-21-20(22-13-18-15-23(2)11-12-25-18)24-10-9-17(14-24)16-26-19-7-5-4-6-8-19/h4-8,17-18H,3,9-16H2,1-2H3,(H,21,22). The molecule has 2 aliphatic heterocycles. The van der Waals surface area contributed by atoms with Crippen molar-refractivity contribution in [3.63, 3.8) is 0 Å². The third kappa shape index (κ3) is 5.89. The van der Waals surface area contributed by atoms with E-state index >= 15 is 0 Å². The maximum Gasteiger partial charge on any atom is 0.194 e. The third-order valence-corrected chi connectivity index (χ3v) is 6.18. The van der Waals surface area contributed by atoms with E-state index in [1.807, 2.05) is 11.8 Å². The molecule has 2 atom stereocenters. The van der Waals surface area contributed by atoms with Gasteiger partial charge in [0.2, 0.25) is 0 Å². The maximum absolute atomic E-state index is 5.85. The van der Waals surface area contributed by atoms with Gasteiger partial charge in [-0.3, -0.25) is 4.99 Å². The van der Waals surface area contributed by atoms with E-state index in [-0.39, 0.29) is 6.10 Å². The van der Waals surface area contributed by atoms with Crippen LogP contribution in [0.5, 0.6) is 0 Å². The number of morpholine rings is 1. The largest absolute Gasteiger partial charge is 0.374 e. The van der Waals surface area contributed by atoms with Crippen LogP contribution >= 0.6 is 11.8 Å². The van der Waals surface area contributed by atoms with Crippen molar-refractivity contribution in [3.8, 4) is 0 Å². The first-order valence-electron chi connectivity index (χ1n) is 9.76. The Morgan fingerprint density at radius 3 is 2.88 bits per heavy atom. The van der Waals surface area contributed by atoms with Crippen LogP contribution in [0.15, 0.2) is 40.2 Å². The molecule has 0 amide bonds. The highest BCUT2D eigenvalue weighted by atomic mass is 32.2. The van der Waals surface area contributed by atoms with E-state index in [4.69, 9.17) is 9.73 Å². The number of thioether (sulfide) groups is 1. The number of nitrogens with zero attached hydrogens (tertiary/aromatic N) is 3. The highest BCUT2D eigenvalue weighted by Crippen LogP contribution is 2.25. The van der Waals surface area contributed by atoms with Crippen molar-refractivity contribution in [2.45, 2.75) is 24.3 Å². The zero-order valence-corrected chi connectivity index (χ0v) is 16.9. The average molecular weight is 377 g/mol. The van der Waals surface area contributed by atoms with Gasteiger partial charge < -0.3 is 19.9 Å². The van der Waals surface area contributed by atoms with Gasteiger partial charge >= 0.3 is 0 Å². The molecule has 2 aliphatic rings. The number of guanidine groups is 1. The molecular weight excluding hydrogens is 344 g/mol. The van der Waals surface area contributed by atoms with Crippen LogP contribution in [0.1, 0.15) is 13.3 Å². The maximum atomic E-state index is 5.85. The van der Waals surface area contributed by atoms with Crippen LogP contribution in [-0.4, -0.2) is 80.5 Å². The highest BCUT2D eigenvalue weighted by molar-refractivity contribution is 7.99. The molecule has 2 fully saturated rings. The lowest BCUT2D eigenvalue weighted by atomic mass is 10.2. The number of rotatable bonds is 6. The Kier molecular flexibility index (Phi) is 7.65. The number of aliphatic imine (C=N–C) groups is 1. The number of hydrogen-bond acceptors (Lipinski definition) is 4. The smallest absolute Gasteiger partial charge is 0.194 e. The summed E-state index contributed by atoms with van der Waals surface area (Å²) in [6.07, 6.45) is 1.46. The number of hydrogen-bond donors (Lipinski definition) is 1. The molecule has 2 unspecified atom stereocenters. The van der Waals surface area contributed by atoms with Gasteiger partial charge in [0, 0.05) is 43.4 Å². The summed E-state index contributed by atoms with van der Waals surface area (Å²) in [5.74, 6) is 2.95. The van der Waals surface area contributed by atoms with Crippen molar-refractivity contribution in [1.29, 1.82) is 0 Å². The van der Waals surface area contributed by atoms with E-state index in [1.54, 1.807) is 0 Å². The summed E-state index contributed by atoms with van der Waals surface area (Å²) in [4.78, 5) is 11.0. The number of nitrogens with one attached hydrogen (secondary N) is 1. The first-order valence-corrected chi connectivity index (χ1v) is 10.7. The van der Waals surface area contributed by atoms with E-state index in [0.717, 1.165) is 57.8 Å². The molecule has 144 valence electrons. The molecule has 1 N–H and O–H groups in total. The fourth-order valence-corrected chi connectivity index (χ4v) is 4.53. The number of likely N-dealkylation sites (tertiary alicyclic amines) is 1. The van der Waals surface area contributed by atoms with E-state index in [2.05, 4.69) is 59.4 Å². The van der Waals surface area contributed by atoms with Crippen molar-refractivity contribution >= 4 is 17.7 Å². The summed E-state index contributed by atoms with van der Waals surface area (Å²) >= 11 is 1.97. The van der Waals surface area contributed by atoms with Gasteiger partial charge in [-0.15, -0.1) is 11.8 Å². The van der Waals surface area contributed by atoms with Crippen LogP contribution in [0.3, 0.4) is 0 Å². The lowest BCUT2D eigenvalue weighted by molar-refractivity contribution is -0.0137. The zero-order valence-electron chi connectivity index (χ0n) is 16.1. The van der Waals surface area contributed by atoms with Gasteiger partial charge in [-0.1, -0.05) is 18.2 Å². The lowest BCUT2D eigenvalue weighted by Gasteiger charge is -2.29. The van der Waals surface area contributed by atoms with Crippen molar-refractivity contribution in [2.75, 3.05) is 58.7 Å². The SMILES string of the molecule is CCNC(=NCC1CN(C)CCO1)N1CCC(CSc2ccccc2)C1. The summed E-state index contributed by atoms with van der Waals surface area (Å²) in [5.41, 5.74) is 0. The van der Waals surface area contributed by atoms with Crippen LogP contribution < -0.4 is 5.32 Å². The summed E-state index contributed by atoms with van der Waals surface area (Å²) in [7, 11) is 2.15. The van der Waals surface area contributed by atoms with Crippen molar-refractivity contribution in [2.24, 2.45) is 10.9 Å². The average Bonchev–Trinajstić information content (AvgIpc) is 3.13. The molecule has 26 heavy (non-hydrogen) atoms. The lowest BCUT2D eigenvalue weighted by Crippen LogP contribution is -2.44. The Bertz CT molecular complexity index is 568. The number of benzene rings is 1. The number of ether oxygens (including phenoxy) is 1. The van der Waals surface area contributed by atoms with E-state index in [1.165, 1.54) is 17.1 Å². The molecule has 6 heteroatoms. The third-order valence-electron chi connectivity index (χ3n) is 4.94. The number of likely N-dealkylation sites (N-methyl/N-ethyl adjacent to an activating group) is 1. The highest BCUT2D eigenvalue weighted by Gasteiger charge is 2.25. The van der Waals surface area contributed by atoms with Crippen LogP contribution in [0.2, 0.25) is 0 Å². The molecule has 0 saturated carbocycles. The Morgan fingerprint density at radius 1 is 1.27 bits per heavy atom. The predicted octanol–water partition coefficient (Wildman–Crippen LogP) is 2.40. The minimum atomic E-state index is 0.217. The summed E-state index contributed by atoms with van der Waals surface area (Å²) in [5, 5.41) is 3.47. The first-order chi connectivity index (χ1) is 12.7. The van der Waals surface area contributed by atoms with Crippen LogP contribution in [0.4, 0.5) is 0 Å².